The fraction of sp³-hybridized carbons (Fsp3) is 1.00. The molecule has 0 amide bonds. The Morgan fingerprint density at radius 1 is 1.19 bits per heavy atom. The SMILES string of the molecule is C.C.COC1OC(CO)C(C)C(O)C1OC. The summed E-state index contributed by atoms with van der Waals surface area (Å²) < 4.78 is 15.5. The quantitative estimate of drug-likeness (QED) is 0.755. The van der Waals surface area contributed by atoms with Crippen LogP contribution >= 0.6 is 0 Å². The number of hydrogen-bond donors (Lipinski definition) is 2. The summed E-state index contributed by atoms with van der Waals surface area (Å²) in [7, 11) is 2.98. The highest BCUT2D eigenvalue weighted by Crippen LogP contribution is 2.27. The van der Waals surface area contributed by atoms with Gasteiger partial charge in [-0.25, -0.2) is 0 Å². The van der Waals surface area contributed by atoms with Gasteiger partial charge in [0, 0.05) is 20.1 Å². The van der Waals surface area contributed by atoms with Gasteiger partial charge in [0.2, 0.25) is 0 Å². The summed E-state index contributed by atoms with van der Waals surface area (Å²) in [5.41, 5.74) is 0. The van der Waals surface area contributed by atoms with E-state index in [0.29, 0.717) is 0 Å². The molecule has 0 aromatic rings. The van der Waals surface area contributed by atoms with Crippen molar-refractivity contribution in [1.29, 1.82) is 0 Å². The van der Waals surface area contributed by atoms with Crippen molar-refractivity contribution in [1.82, 2.24) is 0 Å². The van der Waals surface area contributed by atoms with Gasteiger partial charge in [-0.2, -0.15) is 0 Å². The highest BCUT2D eigenvalue weighted by molar-refractivity contribution is 4.87. The summed E-state index contributed by atoms with van der Waals surface area (Å²) in [6, 6.07) is 0. The van der Waals surface area contributed by atoms with Crippen molar-refractivity contribution in [2.75, 3.05) is 20.8 Å². The zero-order chi connectivity index (χ0) is 10.7. The summed E-state index contributed by atoms with van der Waals surface area (Å²) in [5.74, 6) is -0.170. The summed E-state index contributed by atoms with van der Waals surface area (Å²) in [4.78, 5) is 0. The molecule has 2 N–H and O–H groups in total. The normalized spacial score (nSPS) is 38.4. The van der Waals surface area contributed by atoms with Crippen LogP contribution in [0, 0.1) is 5.92 Å². The summed E-state index contributed by atoms with van der Waals surface area (Å²) in [6.45, 7) is 1.68. The van der Waals surface area contributed by atoms with Crippen molar-refractivity contribution in [3.05, 3.63) is 0 Å². The molecule has 100 valence electrons. The molecule has 0 aromatic heterocycles. The van der Waals surface area contributed by atoms with E-state index in [9.17, 15) is 5.11 Å². The van der Waals surface area contributed by atoms with Gasteiger partial charge < -0.3 is 24.4 Å². The van der Waals surface area contributed by atoms with Crippen molar-refractivity contribution in [2.45, 2.75) is 46.4 Å². The third kappa shape index (κ3) is 3.40. The number of ether oxygens (including phenoxy) is 3. The van der Waals surface area contributed by atoms with Crippen LogP contribution in [0.3, 0.4) is 0 Å². The lowest BCUT2D eigenvalue weighted by Crippen LogP contribution is -2.55. The average molecular weight is 238 g/mol. The molecular weight excluding hydrogens is 212 g/mol. The van der Waals surface area contributed by atoms with E-state index in [1.54, 1.807) is 0 Å². The molecule has 5 nitrogen and oxygen atoms in total. The van der Waals surface area contributed by atoms with Gasteiger partial charge >= 0.3 is 0 Å². The van der Waals surface area contributed by atoms with Crippen LogP contribution in [0.15, 0.2) is 0 Å². The maximum Gasteiger partial charge on any atom is 0.186 e. The molecule has 16 heavy (non-hydrogen) atoms. The molecule has 0 bridgehead atoms. The van der Waals surface area contributed by atoms with E-state index in [1.165, 1.54) is 14.2 Å². The Bertz CT molecular complexity index is 174. The summed E-state index contributed by atoms with van der Waals surface area (Å²) in [5, 5.41) is 18.9. The van der Waals surface area contributed by atoms with E-state index < -0.39 is 24.6 Å². The molecule has 1 heterocycles. The largest absolute Gasteiger partial charge is 0.394 e. The van der Waals surface area contributed by atoms with E-state index in [1.807, 2.05) is 6.92 Å². The van der Waals surface area contributed by atoms with Gasteiger partial charge in [-0.05, 0) is 0 Å². The fourth-order valence-electron chi connectivity index (χ4n) is 1.70. The van der Waals surface area contributed by atoms with Crippen molar-refractivity contribution in [3.8, 4) is 0 Å². The lowest BCUT2D eigenvalue weighted by molar-refractivity contribution is -0.285. The Morgan fingerprint density at radius 2 is 1.75 bits per heavy atom. The minimum atomic E-state index is -0.684. The lowest BCUT2D eigenvalue weighted by Gasteiger charge is -2.41. The van der Waals surface area contributed by atoms with E-state index >= 15 is 0 Å². The van der Waals surface area contributed by atoms with Crippen molar-refractivity contribution < 1.29 is 24.4 Å². The predicted molar refractivity (Wildman–Crippen MR) is 62.2 cm³/mol. The molecule has 0 radical (unpaired) electrons. The molecule has 0 spiro atoms. The molecule has 1 saturated heterocycles. The molecule has 1 fully saturated rings. The second-order valence-corrected chi connectivity index (χ2v) is 3.51. The Hall–Kier alpha value is -0.200. The molecule has 1 rings (SSSR count). The maximum absolute atomic E-state index is 9.84. The monoisotopic (exact) mass is 238 g/mol. The van der Waals surface area contributed by atoms with Crippen LogP contribution in [-0.4, -0.2) is 55.6 Å². The van der Waals surface area contributed by atoms with E-state index in [4.69, 9.17) is 19.3 Å². The number of aliphatic hydroxyl groups excluding tert-OH is 2. The van der Waals surface area contributed by atoms with Gasteiger partial charge in [0.05, 0.1) is 18.8 Å². The first kappa shape index (κ1) is 18.2. The Labute approximate surface area is 98.3 Å². The molecule has 1 aliphatic rings. The Morgan fingerprint density at radius 3 is 2.12 bits per heavy atom. The second-order valence-electron chi connectivity index (χ2n) is 3.51. The van der Waals surface area contributed by atoms with Crippen molar-refractivity contribution in [3.63, 3.8) is 0 Å². The molecule has 5 atom stereocenters. The smallest absolute Gasteiger partial charge is 0.186 e. The average Bonchev–Trinajstić information content (AvgIpc) is 2.21. The number of methoxy groups -OCH3 is 2. The lowest BCUT2D eigenvalue weighted by atomic mass is 9.91. The highest BCUT2D eigenvalue weighted by Gasteiger charge is 2.43. The standard InChI is InChI=1S/C9H18O5.2CH4/c1-5-6(4-10)14-9(13-3)8(12-2)7(5)11;;/h5-11H,4H2,1-3H3;2*1H4. The van der Waals surface area contributed by atoms with Crippen LogP contribution < -0.4 is 0 Å². The third-order valence-electron chi connectivity index (χ3n) is 2.72. The van der Waals surface area contributed by atoms with Crippen molar-refractivity contribution in [2.24, 2.45) is 5.92 Å². The highest BCUT2D eigenvalue weighted by atomic mass is 16.7. The molecular formula is C11H26O5. The third-order valence-corrected chi connectivity index (χ3v) is 2.72. The predicted octanol–water partition coefficient (Wildman–Crippen LogP) is 0.634. The first-order chi connectivity index (χ1) is 6.65. The molecule has 0 saturated carbocycles. The number of aliphatic hydroxyl groups is 2. The van der Waals surface area contributed by atoms with Crippen molar-refractivity contribution >= 4 is 0 Å². The van der Waals surface area contributed by atoms with Crippen LogP contribution in [-0.2, 0) is 14.2 Å². The van der Waals surface area contributed by atoms with Gasteiger partial charge in [0.15, 0.2) is 6.29 Å². The molecule has 5 unspecified atom stereocenters. The first-order valence-electron chi connectivity index (χ1n) is 4.65. The zero-order valence-corrected chi connectivity index (χ0v) is 8.71. The summed E-state index contributed by atoms with van der Waals surface area (Å²) in [6.07, 6.45) is -2.21. The van der Waals surface area contributed by atoms with Gasteiger partial charge in [-0.3, -0.25) is 0 Å². The minimum Gasteiger partial charge on any atom is -0.394 e. The van der Waals surface area contributed by atoms with Gasteiger partial charge in [-0.1, -0.05) is 21.8 Å². The van der Waals surface area contributed by atoms with Gasteiger partial charge in [0.25, 0.3) is 0 Å². The molecule has 0 aromatic carbocycles. The van der Waals surface area contributed by atoms with Gasteiger partial charge in [0.1, 0.15) is 6.10 Å². The Kier molecular flexibility index (Phi) is 9.06. The fourth-order valence-corrected chi connectivity index (χ4v) is 1.70. The van der Waals surface area contributed by atoms with E-state index in [2.05, 4.69) is 0 Å². The van der Waals surface area contributed by atoms with E-state index in [-0.39, 0.29) is 27.4 Å². The maximum atomic E-state index is 9.84. The minimum absolute atomic E-state index is 0. The first-order valence-corrected chi connectivity index (χ1v) is 4.65. The second kappa shape index (κ2) is 7.97. The molecule has 0 aliphatic carbocycles. The molecule has 1 aliphatic heterocycles. The number of rotatable bonds is 3. The van der Waals surface area contributed by atoms with Crippen LogP contribution in [0.2, 0.25) is 0 Å². The van der Waals surface area contributed by atoms with E-state index in [0.717, 1.165) is 0 Å². The van der Waals surface area contributed by atoms with Crippen LogP contribution in [0.5, 0.6) is 0 Å². The topological polar surface area (TPSA) is 68.2 Å². The van der Waals surface area contributed by atoms with Crippen LogP contribution in [0.4, 0.5) is 0 Å². The number of hydrogen-bond acceptors (Lipinski definition) is 5. The van der Waals surface area contributed by atoms with Gasteiger partial charge in [-0.15, -0.1) is 0 Å². The van der Waals surface area contributed by atoms with Crippen LogP contribution in [0.25, 0.3) is 0 Å². The summed E-state index contributed by atoms with van der Waals surface area (Å²) >= 11 is 0. The Balaban J connectivity index is 0. The molecule has 5 heteroatoms. The van der Waals surface area contributed by atoms with Crippen LogP contribution in [0.1, 0.15) is 21.8 Å². The zero-order valence-electron chi connectivity index (χ0n) is 8.71.